The monoisotopic (exact) mass is 868 g/mol. The van der Waals surface area contributed by atoms with Gasteiger partial charge in [0.15, 0.2) is 0 Å². The van der Waals surface area contributed by atoms with Crippen molar-refractivity contribution in [1.82, 2.24) is 4.98 Å². The first-order valence-corrected chi connectivity index (χ1v) is 23.6. The van der Waals surface area contributed by atoms with E-state index in [2.05, 4.69) is 225 Å². The Balaban J connectivity index is 1.28. The van der Waals surface area contributed by atoms with Crippen LogP contribution >= 0.6 is 0 Å². The Hall–Kier alpha value is -6.91. The minimum atomic E-state index is -0.149. The average molecular weight is 868 g/mol. The number of para-hydroxylation sites is 1. The van der Waals surface area contributed by atoms with Crippen LogP contribution in [0.25, 0.3) is 55.8 Å². The molecule has 0 aliphatic carbocycles. The van der Waals surface area contributed by atoms with Crippen LogP contribution in [-0.2, 0) is 18.4 Å². The van der Waals surface area contributed by atoms with Gasteiger partial charge < -0.3 is 15.7 Å². The lowest BCUT2D eigenvalue weighted by Crippen LogP contribution is -2.20. The van der Waals surface area contributed by atoms with Crippen molar-refractivity contribution in [1.29, 1.82) is 0 Å². The van der Waals surface area contributed by atoms with Crippen molar-refractivity contribution in [3.63, 3.8) is 0 Å². The quantitative estimate of drug-likeness (QED) is 0.113. The van der Waals surface area contributed by atoms with Crippen LogP contribution in [0.2, 0.25) is 0 Å². The standard InChI is InChI=1S/C62H65N3O/c1-40(2)31-43-23-28-58(56(32-43)47-19-14-11-15-20-47)65(39-52-33-49(41(3)4)37-55(42(5)6)61(52)66)59-22-16-21-54(60(59)63)50-34-51(36-53(35-50)62(7,8)9)57-38-48(29-30-64-57)46-26-24-45(25-27-46)44-17-12-10-13-18-44/h10-30,32-38,40-42,66H,31,39,63H2,1-9H3. The largest absolute Gasteiger partial charge is 0.507 e. The maximum Gasteiger partial charge on any atom is 0.124 e. The molecule has 0 saturated heterocycles. The minimum Gasteiger partial charge on any atom is -0.507 e. The van der Waals surface area contributed by atoms with Crippen LogP contribution in [0.15, 0.2) is 170 Å². The lowest BCUT2D eigenvalue weighted by atomic mass is 9.83. The molecule has 0 saturated carbocycles. The van der Waals surface area contributed by atoms with Gasteiger partial charge in [-0.05, 0) is 128 Å². The Bertz CT molecular complexity index is 2940. The summed E-state index contributed by atoms with van der Waals surface area (Å²) in [4.78, 5) is 7.29. The molecule has 3 N–H and O–H groups in total. The summed E-state index contributed by atoms with van der Waals surface area (Å²) < 4.78 is 0. The highest BCUT2D eigenvalue weighted by Crippen LogP contribution is 2.45. The lowest BCUT2D eigenvalue weighted by Gasteiger charge is -2.31. The van der Waals surface area contributed by atoms with Crippen LogP contribution in [0.3, 0.4) is 0 Å². The third-order valence-corrected chi connectivity index (χ3v) is 12.8. The van der Waals surface area contributed by atoms with Gasteiger partial charge in [-0.15, -0.1) is 0 Å². The molecule has 0 spiro atoms. The highest BCUT2D eigenvalue weighted by atomic mass is 16.3. The average Bonchev–Trinajstić information content (AvgIpc) is 3.31. The van der Waals surface area contributed by atoms with E-state index in [-0.39, 0.29) is 11.3 Å². The molecule has 0 atom stereocenters. The molecule has 0 aliphatic heterocycles. The third kappa shape index (κ3) is 9.99. The Morgan fingerprint density at radius 3 is 1.82 bits per heavy atom. The summed E-state index contributed by atoms with van der Waals surface area (Å²) >= 11 is 0. The molecule has 0 aliphatic rings. The van der Waals surface area contributed by atoms with Crippen molar-refractivity contribution in [3.05, 3.63) is 198 Å². The van der Waals surface area contributed by atoms with E-state index >= 15 is 0 Å². The zero-order valence-electron chi connectivity index (χ0n) is 40.2. The van der Waals surface area contributed by atoms with E-state index in [1.165, 1.54) is 27.8 Å². The fourth-order valence-electron chi connectivity index (χ4n) is 9.03. The van der Waals surface area contributed by atoms with E-state index in [0.717, 1.165) is 73.6 Å². The van der Waals surface area contributed by atoms with Gasteiger partial charge in [0.25, 0.3) is 0 Å². The summed E-state index contributed by atoms with van der Waals surface area (Å²) in [6.45, 7) is 20.5. The van der Waals surface area contributed by atoms with Crippen molar-refractivity contribution in [2.24, 2.45) is 5.92 Å². The van der Waals surface area contributed by atoms with E-state index in [9.17, 15) is 5.11 Å². The van der Waals surface area contributed by atoms with Crippen LogP contribution < -0.4 is 10.6 Å². The predicted octanol–water partition coefficient (Wildman–Crippen LogP) is 16.8. The van der Waals surface area contributed by atoms with Crippen LogP contribution in [0.1, 0.15) is 102 Å². The van der Waals surface area contributed by atoms with Crippen LogP contribution in [-0.4, -0.2) is 10.1 Å². The number of phenols is 1. The molecule has 66 heavy (non-hydrogen) atoms. The zero-order chi connectivity index (χ0) is 46.7. The van der Waals surface area contributed by atoms with E-state index < -0.39 is 0 Å². The number of aromatic nitrogens is 1. The maximum absolute atomic E-state index is 12.1. The van der Waals surface area contributed by atoms with Gasteiger partial charge >= 0.3 is 0 Å². The molecular formula is C62H65N3O. The molecule has 7 aromatic carbocycles. The number of anilines is 3. The zero-order valence-corrected chi connectivity index (χ0v) is 40.2. The molecule has 8 aromatic rings. The number of nitrogens with two attached hydrogens (primary N) is 1. The normalized spacial score (nSPS) is 11.8. The first kappa shape index (κ1) is 45.7. The van der Waals surface area contributed by atoms with Gasteiger partial charge in [-0.25, -0.2) is 0 Å². The number of nitrogens with zero attached hydrogens (tertiary/aromatic N) is 2. The third-order valence-electron chi connectivity index (χ3n) is 12.8. The van der Waals surface area contributed by atoms with E-state index in [4.69, 9.17) is 10.7 Å². The number of hydrogen-bond acceptors (Lipinski definition) is 4. The molecule has 334 valence electrons. The molecule has 4 heteroatoms. The van der Waals surface area contributed by atoms with Crippen LogP contribution in [0.4, 0.5) is 17.1 Å². The van der Waals surface area contributed by atoms with Gasteiger partial charge in [-0.1, -0.05) is 184 Å². The van der Waals surface area contributed by atoms with Crippen molar-refractivity contribution in [2.45, 2.75) is 92.5 Å². The summed E-state index contributed by atoms with van der Waals surface area (Å²) in [6.07, 6.45) is 2.88. The second kappa shape index (κ2) is 19.3. The van der Waals surface area contributed by atoms with Crippen molar-refractivity contribution >= 4 is 17.1 Å². The fraction of sp³-hybridized carbons (Fsp3) is 0.242. The highest BCUT2D eigenvalue weighted by Gasteiger charge is 2.25. The van der Waals surface area contributed by atoms with Crippen LogP contribution in [0, 0.1) is 5.92 Å². The first-order chi connectivity index (χ1) is 31.6. The number of hydrogen-bond donors (Lipinski definition) is 2. The molecule has 0 bridgehead atoms. The van der Waals surface area contributed by atoms with Crippen molar-refractivity contribution in [3.8, 4) is 61.5 Å². The summed E-state index contributed by atoms with van der Waals surface area (Å²) in [5.74, 6) is 1.29. The molecule has 0 unspecified atom stereocenters. The summed E-state index contributed by atoms with van der Waals surface area (Å²) in [5, 5.41) is 12.1. The SMILES string of the molecule is CC(C)Cc1ccc(N(Cc2cc(C(C)C)cc(C(C)C)c2O)c2cccc(-c3cc(-c4cc(-c5ccc(-c6ccccc6)cc5)ccn4)cc(C(C)(C)C)c3)c2N)c(-c2ccccc2)c1. The van der Waals surface area contributed by atoms with Gasteiger partial charge in [-0.3, -0.25) is 4.98 Å². The molecule has 1 aromatic heterocycles. The topological polar surface area (TPSA) is 62.4 Å². The maximum atomic E-state index is 12.1. The summed E-state index contributed by atoms with van der Waals surface area (Å²) in [7, 11) is 0. The second-order valence-electron chi connectivity index (χ2n) is 20.0. The predicted molar refractivity (Wildman–Crippen MR) is 282 cm³/mol. The molecule has 8 rings (SSSR count). The fourth-order valence-corrected chi connectivity index (χ4v) is 9.03. The number of nitrogen functional groups attached to an aromatic ring is 1. The molecule has 4 nitrogen and oxygen atoms in total. The highest BCUT2D eigenvalue weighted by molar-refractivity contribution is 5.93. The molecular weight excluding hydrogens is 803 g/mol. The van der Waals surface area contributed by atoms with Gasteiger partial charge in [0.2, 0.25) is 0 Å². The van der Waals surface area contributed by atoms with E-state index in [0.29, 0.717) is 29.8 Å². The molecule has 0 radical (unpaired) electrons. The number of benzene rings is 7. The number of rotatable bonds is 13. The molecule has 0 fully saturated rings. The molecule has 0 amide bonds. The smallest absolute Gasteiger partial charge is 0.124 e. The Kier molecular flexibility index (Phi) is 13.3. The summed E-state index contributed by atoms with van der Waals surface area (Å²) in [6, 6.07) is 58.6. The van der Waals surface area contributed by atoms with Crippen LogP contribution in [0.5, 0.6) is 5.75 Å². The van der Waals surface area contributed by atoms with Gasteiger partial charge in [-0.2, -0.15) is 0 Å². The Labute approximate surface area is 393 Å². The van der Waals surface area contributed by atoms with Crippen molar-refractivity contribution < 1.29 is 5.11 Å². The summed E-state index contributed by atoms with van der Waals surface area (Å²) in [5.41, 5.74) is 26.3. The minimum absolute atomic E-state index is 0.149. The first-order valence-electron chi connectivity index (χ1n) is 23.6. The van der Waals surface area contributed by atoms with Gasteiger partial charge in [0, 0.05) is 34.1 Å². The Morgan fingerprint density at radius 2 is 1.18 bits per heavy atom. The van der Waals surface area contributed by atoms with E-state index in [1.807, 2.05) is 12.3 Å². The van der Waals surface area contributed by atoms with Gasteiger partial charge in [0.1, 0.15) is 5.75 Å². The lowest BCUT2D eigenvalue weighted by molar-refractivity contribution is 0.457. The Morgan fingerprint density at radius 1 is 0.545 bits per heavy atom. The van der Waals surface area contributed by atoms with Gasteiger partial charge in [0.05, 0.1) is 23.6 Å². The molecule has 1 heterocycles. The number of aromatic hydroxyl groups is 1. The second-order valence-corrected chi connectivity index (χ2v) is 20.0. The number of pyridine rings is 1. The van der Waals surface area contributed by atoms with E-state index in [1.54, 1.807) is 0 Å². The van der Waals surface area contributed by atoms with Crippen molar-refractivity contribution in [2.75, 3.05) is 10.6 Å². The number of phenolic OH excluding ortho intramolecular Hbond substituents is 1.